The predicted octanol–water partition coefficient (Wildman–Crippen LogP) is 6.59. The molecule has 1 amide bonds. The molecule has 1 fully saturated rings. The van der Waals surface area contributed by atoms with E-state index in [4.69, 9.17) is 4.74 Å². The molecule has 1 aliphatic carbocycles. The molecule has 3 rings (SSSR count). The smallest absolute Gasteiger partial charge is 0.415 e. The number of nitrogens with zero attached hydrogens (tertiary/aromatic N) is 1. The van der Waals surface area contributed by atoms with Crippen molar-refractivity contribution in [3.63, 3.8) is 0 Å². The summed E-state index contributed by atoms with van der Waals surface area (Å²) in [5.74, 6) is -0.0438. The fourth-order valence-corrected chi connectivity index (χ4v) is 4.68. The van der Waals surface area contributed by atoms with Crippen LogP contribution in [0.3, 0.4) is 0 Å². The van der Waals surface area contributed by atoms with Crippen LogP contribution in [0.25, 0.3) is 10.8 Å². The van der Waals surface area contributed by atoms with E-state index in [1.807, 2.05) is 52.0 Å². The number of rotatable bonds is 5. The largest absolute Gasteiger partial charge is 0.418 e. The third-order valence-corrected chi connectivity index (χ3v) is 6.11. The lowest BCUT2D eigenvalue weighted by Gasteiger charge is -2.29. The Morgan fingerprint density at radius 1 is 1.03 bits per heavy atom. The van der Waals surface area contributed by atoms with Gasteiger partial charge < -0.3 is 14.7 Å². The average Bonchev–Trinajstić information content (AvgIpc) is 2.96. The molecule has 0 heterocycles. The van der Waals surface area contributed by atoms with Gasteiger partial charge >= 0.3 is 6.09 Å². The van der Waals surface area contributed by atoms with Crippen LogP contribution in [0, 0.1) is 5.92 Å². The van der Waals surface area contributed by atoms with Gasteiger partial charge in [-0.1, -0.05) is 55.3 Å². The fraction of sp³-hybridized carbons (Fsp3) is 0.500. The van der Waals surface area contributed by atoms with E-state index in [0.717, 1.165) is 54.0 Å². The second kappa shape index (κ2) is 10.1. The number of carbonyl (C=O) groups is 1. The molecule has 162 valence electrons. The summed E-state index contributed by atoms with van der Waals surface area (Å²) in [4.78, 5) is 14.4. The standard InChI is InChI=1S/C26H35NO3/c1-18(2)27(19(3)4)26(29)30-17-21-12-6-5-7-15-23(21)25(28)24-16-10-13-20-11-8-9-14-22(20)24/h8-11,13-14,16-19,23,25,28H,5-7,12,15H2,1-4H3/b21-17+/t23-,25-/m0/s1. The lowest BCUT2D eigenvalue weighted by atomic mass is 9.84. The minimum absolute atomic E-state index is 0.0438. The van der Waals surface area contributed by atoms with Crippen molar-refractivity contribution in [3.05, 3.63) is 59.9 Å². The maximum Gasteiger partial charge on any atom is 0.415 e. The van der Waals surface area contributed by atoms with Gasteiger partial charge in [-0.15, -0.1) is 0 Å². The van der Waals surface area contributed by atoms with Crippen molar-refractivity contribution in [1.82, 2.24) is 4.90 Å². The molecule has 1 N–H and O–H groups in total. The third-order valence-electron chi connectivity index (χ3n) is 6.11. The molecule has 1 saturated carbocycles. The summed E-state index contributed by atoms with van der Waals surface area (Å²) in [6.45, 7) is 7.97. The van der Waals surface area contributed by atoms with E-state index in [9.17, 15) is 9.90 Å². The molecular weight excluding hydrogens is 374 g/mol. The van der Waals surface area contributed by atoms with Gasteiger partial charge in [0.15, 0.2) is 0 Å². The van der Waals surface area contributed by atoms with Gasteiger partial charge in [0.05, 0.1) is 12.4 Å². The Bertz CT molecular complexity index is 873. The lowest BCUT2D eigenvalue weighted by molar-refractivity contribution is 0.102. The number of carbonyl (C=O) groups excluding carboxylic acids is 1. The van der Waals surface area contributed by atoms with Crippen LogP contribution in [0.1, 0.15) is 71.5 Å². The molecule has 0 saturated heterocycles. The molecule has 0 unspecified atom stereocenters. The van der Waals surface area contributed by atoms with E-state index in [2.05, 4.69) is 18.2 Å². The molecule has 4 nitrogen and oxygen atoms in total. The lowest BCUT2D eigenvalue weighted by Crippen LogP contribution is -2.41. The number of aliphatic hydroxyl groups excluding tert-OH is 1. The summed E-state index contributed by atoms with van der Waals surface area (Å²) < 4.78 is 5.64. The number of ether oxygens (including phenoxy) is 1. The maximum absolute atomic E-state index is 12.7. The van der Waals surface area contributed by atoms with E-state index in [-0.39, 0.29) is 24.1 Å². The number of amides is 1. The van der Waals surface area contributed by atoms with Crippen molar-refractivity contribution in [2.45, 2.75) is 78.0 Å². The van der Waals surface area contributed by atoms with Crippen molar-refractivity contribution >= 4 is 16.9 Å². The summed E-state index contributed by atoms with van der Waals surface area (Å²) >= 11 is 0. The molecule has 0 bridgehead atoms. The Morgan fingerprint density at radius 2 is 1.73 bits per heavy atom. The van der Waals surface area contributed by atoms with Gasteiger partial charge in [-0.3, -0.25) is 0 Å². The van der Waals surface area contributed by atoms with Gasteiger partial charge in [0.1, 0.15) is 0 Å². The number of fused-ring (bicyclic) bond motifs is 1. The van der Waals surface area contributed by atoms with E-state index in [1.165, 1.54) is 0 Å². The quantitative estimate of drug-likeness (QED) is 0.447. The second-order valence-electron chi connectivity index (χ2n) is 8.89. The maximum atomic E-state index is 12.7. The van der Waals surface area contributed by atoms with Gasteiger partial charge in [-0.05, 0) is 68.9 Å². The first-order valence-corrected chi connectivity index (χ1v) is 11.2. The van der Waals surface area contributed by atoms with E-state index in [1.54, 1.807) is 11.2 Å². The van der Waals surface area contributed by atoms with Crippen LogP contribution in [0.4, 0.5) is 4.79 Å². The van der Waals surface area contributed by atoms with E-state index in [0.29, 0.717) is 0 Å². The second-order valence-corrected chi connectivity index (χ2v) is 8.89. The molecule has 0 radical (unpaired) electrons. The molecule has 0 aliphatic heterocycles. The van der Waals surface area contributed by atoms with Crippen LogP contribution in [-0.2, 0) is 4.74 Å². The van der Waals surface area contributed by atoms with Crippen LogP contribution in [0.2, 0.25) is 0 Å². The Hall–Kier alpha value is -2.33. The Kier molecular flexibility index (Phi) is 7.54. The molecule has 1 aliphatic rings. The van der Waals surface area contributed by atoms with Crippen molar-refractivity contribution < 1.29 is 14.6 Å². The molecule has 30 heavy (non-hydrogen) atoms. The van der Waals surface area contributed by atoms with Gasteiger partial charge in [-0.25, -0.2) is 4.79 Å². The van der Waals surface area contributed by atoms with Crippen molar-refractivity contribution in [2.24, 2.45) is 5.92 Å². The predicted molar refractivity (Wildman–Crippen MR) is 122 cm³/mol. The Morgan fingerprint density at radius 3 is 2.47 bits per heavy atom. The van der Waals surface area contributed by atoms with Crippen LogP contribution < -0.4 is 0 Å². The zero-order chi connectivity index (χ0) is 21.7. The SMILES string of the molecule is CC(C)N(C(=O)O/C=C1\CCCCC[C@@H]1[C@H](O)c1cccc2ccccc12)C(C)C. The van der Waals surface area contributed by atoms with Crippen LogP contribution in [0.5, 0.6) is 0 Å². The summed E-state index contributed by atoms with van der Waals surface area (Å²) in [6.07, 6.45) is 5.69. The average molecular weight is 410 g/mol. The van der Waals surface area contributed by atoms with Crippen LogP contribution >= 0.6 is 0 Å². The highest BCUT2D eigenvalue weighted by molar-refractivity contribution is 5.86. The number of hydrogen-bond acceptors (Lipinski definition) is 3. The van der Waals surface area contributed by atoms with E-state index < -0.39 is 6.10 Å². The summed E-state index contributed by atoms with van der Waals surface area (Å²) in [6, 6.07) is 14.4. The number of benzene rings is 2. The highest BCUT2D eigenvalue weighted by atomic mass is 16.5. The molecule has 2 atom stereocenters. The Labute approximate surface area is 180 Å². The summed E-state index contributed by atoms with van der Waals surface area (Å²) in [7, 11) is 0. The molecular formula is C26H35NO3. The monoisotopic (exact) mass is 409 g/mol. The molecule has 0 spiro atoms. The molecule has 4 heteroatoms. The minimum atomic E-state index is -0.620. The third kappa shape index (κ3) is 5.04. The van der Waals surface area contributed by atoms with Crippen molar-refractivity contribution in [1.29, 1.82) is 0 Å². The van der Waals surface area contributed by atoms with Gasteiger partial charge in [0, 0.05) is 18.0 Å². The van der Waals surface area contributed by atoms with Crippen LogP contribution in [-0.4, -0.2) is 28.2 Å². The summed E-state index contributed by atoms with van der Waals surface area (Å²) in [5, 5.41) is 13.6. The number of aliphatic hydroxyl groups is 1. The normalized spacial score (nSPS) is 19.8. The molecule has 2 aromatic rings. The topological polar surface area (TPSA) is 49.8 Å². The highest BCUT2D eigenvalue weighted by Crippen LogP contribution is 2.39. The van der Waals surface area contributed by atoms with Gasteiger partial charge in [0.25, 0.3) is 0 Å². The zero-order valence-corrected chi connectivity index (χ0v) is 18.7. The highest BCUT2D eigenvalue weighted by Gasteiger charge is 2.28. The van der Waals surface area contributed by atoms with Crippen molar-refractivity contribution in [3.8, 4) is 0 Å². The zero-order valence-electron chi connectivity index (χ0n) is 18.7. The fourth-order valence-electron chi connectivity index (χ4n) is 4.68. The van der Waals surface area contributed by atoms with Gasteiger partial charge in [-0.2, -0.15) is 0 Å². The number of hydrogen-bond donors (Lipinski definition) is 1. The first-order valence-electron chi connectivity index (χ1n) is 11.2. The van der Waals surface area contributed by atoms with E-state index >= 15 is 0 Å². The first-order chi connectivity index (χ1) is 14.4. The van der Waals surface area contributed by atoms with Crippen molar-refractivity contribution in [2.75, 3.05) is 0 Å². The Balaban J connectivity index is 1.87. The first kappa shape index (κ1) is 22.4. The van der Waals surface area contributed by atoms with Crippen LogP contribution in [0.15, 0.2) is 54.3 Å². The minimum Gasteiger partial charge on any atom is -0.418 e. The molecule has 2 aromatic carbocycles. The molecule has 0 aromatic heterocycles. The van der Waals surface area contributed by atoms with Gasteiger partial charge in [0.2, 0.25) is 0 Å². The summed E-state index contributed by atoms with van der Waals surface area (Å²) in [5.41, 5.74) is 1.98.